The van der Waals surface area contributed by atoms with E-state index >= 15 is 0 Å². The van der Waals surface area contributed by atoms with Crippen LogP contribution < -0.4 is 10.6 Å². The SMILES string of the molecule is CCn1ccc(CNCCNC(=O)C(C)C)c1. The van der Waals surface area contributed by atoms with E-state index in [9.17, 15) is 4.79 Å². The van der Waals surface area contributed by atoms with Gasteiger partial charge in [0.2, 0.25) is 5.91 Å². The van der Waals surface area contributed by atoms with Crippen molar-refractivity contribution in [2.75, 3.05) is 13.1 Å². The molecule has 0 saturated carbocycles. The summed E-state index contributed by atoms with van der Waals surface area (Å²) in [4.78, 5) is 11.3. The van der Waals surface area contributed by atoms with Crippen molar-refractivity contribution in [3.8, 4) is 0 Å². The van der Waals surface area contributed by atoms with Gasteiger partial charge in [-0.3, -0.25) is 4.79 Å². The van der Waals surface area contributed by atoms with Crippen LogP contribution in [0, 0.1) is 5.92 Å². The van der Waals surface area contributed by atoms with Crippen LogP contribution in [0.1, 0.15) is 26.3 Å². The van der Waals surface area contributed by atoms with E-state index in [2.05, 4.69) is 40.6 Å². The molecule has 0 aliphatic carbocycles. The molecule has 0 unspecified atom stereocenters. The maximum atomic E-state index is 11.3. The summed E-state index contributed by atoms with van der Waals surface area (Å²) in [5, 5.41) is 6.18. The van der Waals surface area contributed by atoms with Gasteiger partial charge in [0.15, 0.2) is 0 Å². The van der Waals surface area contributed by atoms with E-state index in [0.717, 1.165) is 19.6 Å². The molecule has 1 heterocycles. The monoisotopic (exact) mass is 237 g/mol. The standard InChI is InChI=1S/C13H23N3O/c1-4-16-8-5-12(10-16)9-14-6-7-15-13(17)11(2)3/h5,8,10-11,14H,4,6-7,9H2,1-3H3,(H,15,17). The van der Waals surface area contributed by atoms with Crippen LogP contribution in [-0.2, 0) is 17.9 Å². The van der Waals surface area contributed by atoms with Crippen molar-refractivity contribution in [3.63, 3.8) is 0 Å². The van der Waals surface area contributed by atoms with Gasteiger partial charge in [0.05, 0.1) is 0 Å². The predicted molar refractivity (Wildman–Crippen MR) is 69.7 cm³/mol. The molecule has 0 atom stereocenters. The van der Waals surface area contributed by atoms with Gasteiger partial charge >= 0.3 is 0 Å². The average Bonchev–Trinajstić information content (AvgIpc) is 2.76. The molecule has 0 aliphatic heterocycles. The molecule has 4 heteroatoms. The summed E-state index contributed by atoms with van der Waals surface area (Å²) in [7, 11) is 0. The van der Waals surface area contributed by atoms with Gasteiger partial charge < -0.3 is 15.2 Å². The van der Waals surface area contributed by atoms with Gasteiger partial charge in [-0.2, -0.15) is 0 Å². The first-order valence-corrected chi connectivity index (χ1v) is 6.26. The summed E-state index contributed by atoms with van der Waals surface area (Å²) in [6.07, 6.45) is 4.22. The number of rotatable bonds is 7. The van der Waals surface area contributed by atoms with Crippen LogP contribution in [0.5, 0.6) is 0 Å². The van der Waals surface area contributed by atoms with Crippen LogP contribution in [0.4, 0.5) is 0 Å². The second kappa shape index (κ2) is 7.12. The Bertz CT molecular complexity index is 344. The maximum Gasteiger partial charge on any atom is 0.222 e. The van der Waals surface area contributed by atoms with Gasteiger partial charge in [-0.1, -0.05) is 13.8 Å². The molecule has 0 fully saturated rings. The number of nitrogens with one attached hydrogen (secondary N) is 2. The van der Waals surface area contributed by atoms with Gasteiger partial charge in [0.1, 0.15) is 0 Å². The molecule has 0 bridgehead atoms. The van der Waals surface area contributed by atoms with E-state index in [4.69, 9.17) is 0 Å². The minimum Gasteiger partial charge on any atom is -0.355 e. The van der Waals surface area contributed by atoms with Gasteiger partial charge in [0.25, 0.3) is 0 Å². The molecule has 0 spiro atoms. The second-order valence-corrected chi connectivity index (χ2v) is 4.47. The zero-order valence-corrected chi connectivity index (χ0v) is 11.0. The Morgan fingerprint density at radius 3 is 2.76 bits per heavy atom. The largest absolute Gasteiger partial charge is 0.355 e. The van der Waals surface area contributed by atoms with Gasteiger partial charge in [-0.05, 0) is 18.6 Å². The highest BCUT2D eigenvalue weighted by molar-refractivity contribution is 5.77. The third-order valence-corrected chi connectivity index (χ3v) is 2.63. The van der Waals surface area contributed by atoms with E-state index in [1.165, 1.54) is 5.56 Å². The van der Waals surface area contributed by atoms with Crippen LogP contribution in [0.3, 0.4) is 0 Å². The van der Waals surface area contributed by atoms with E-state index in [1.54, 1.807) is 0 Å². The molecule has 2 N–H and O–H groups in total. The molecular weight excluding hydrogens is 214 g/mol. The Morgan fingerprint density at radius 1 is 1.41 bits per heavy atom. The lowest BCUT2D eigenvalue weighted by molar-refractivity contribution is -0.123. The highest BCUT2D eigenvalue weighted by atomic mass is 16.1. The zero-order valence-electron chi connectivity index (χ0n) is 11.0. The first-order valence-electron chi connectivity index (χ1n) is 6.26. The van der Waals surface area contributed by atoms with Gasteiger partial charge in [0, 0.05) is 44.5 Å². The lowest BCUT2D eigenvalue weighted by atomic mass is 10.2. The summed E-state index contributed by atoms with van der Waals surface area (Å²) in [5.41, 5.74) is 1.28. The molecule has 0 aliphatic rings. The first-order chi connectivity index (χ1) is 8.13. The molecule has 1 amide bonds. The third kappa shape index (κ3) is 5.04. The van der Waals surface area contributed by atoms with Crippen molar-refractivity contribution >= 4 is 5.91 Å². The Balaban J connectivity index is 2.10. The smallest absolute Gasteiger partial charge is 0.222 e. The summed E-state index contributed by atoms with van der Waals surface area (Å²) < 4.78 is 2.15. The van der Waals surface area contributed by atoms with E-state index in [-0.39, 0.29) is 11.8 Å². The number of aryl methyl sites for hydroxylation is 1. The van der Waals surface area contributed by atoms with E-state index in [1.807, 2.05) is 13.8 Å². The minimum absolute atomic E-state index is 0.0635. The van der Waals surface area contributed by atoms with E-state index < -0.39 is 0 Å². The maximum absolute atomic E-state index is 11.3. The lowest BCUT2D eigenvalue weighted by Gasteiger charge is -2.08. The first kappa shape index (κ1) is 13.8. The average molecular weight is 237 g/mol. The molecule has 1 aromatic rings. The topological polar surface area (TPSA) is 46.1 Å². The second-order valence-electron chi connectivity index (χ2n) is 4.47. The Labute approximate surface area is 103 Å². The fourth-order valence-electron chi connectivity index (χ4n) is 1.50. The third-order valence-electron chi connectivity index (χ3n) is 2.63. The molecule has 0 saturated heterocycles. The summed E-state index contributed by atoms with van der Waals surface area (Å²) in [5.74, 6) is 0.178. The number of hydrogen-bond acceptors (Lipinski definition) is 2. The van der Waals surface area contributed by atoms with Crippen LogP contribution in [0.15, 0.2) is 18.5 Å². The fraction of sp³-hybridized carbons (Fsp3) is 0.615. The number of aromatic nitrogens is 1. The van der Waals surface area contributed by atoms with Crippen LogP contribution in [-0.4, -0.2) is 23.6 Å². The Kier molecular flexibility index (Phi) is 5.77. The summed E-state index contributed by atoms with van der Waals surface area (Å²) in [6.45, 7) is 9.27. The molecule has 0 aromatic carbocycles. The normalized spacial score (nSPS) is 10.8. The number of nitrogens with zero attached hydrogens (tertiary/aromatic N) is 1. The van der Waals surface area contributed by atoms with Crippen molar-refractivity contribution in [2.24, 2.45) is 5.92 Å². The highest BCUT2D eigenvalue weighted by Crippen LogP contribution is 2.00. The van der Waals surface area contributed by atoms with Crippen molar-refractivity contribution in [3.05, 3.63) is 24.0 Å². The molecule has 96 valence electrons. The van der Waals surface area contributed by atoms with Gasteiger partial charge in [-0.25, -0.2) is 0 Å². The molecular formula is C13H23N3O. The Hall–Kier alpha value is -1.29. The molecule has 17 heavy (non-hydrogen) atoms. The lowest BCUT2D eigenvalue weighted by Crippen LogP contribution is -2.34. The van der Waals surface area contributed by atoms with Crippen molar-refractivity contribution in [2.45, 2.75) is 33.9 Å². The molecule has 1 rings (SSSR count). The number of carbonyl (C=O) groups excluding carboxylic acids is 1. The Morgan fingerprint density at radius 2 is 2.18 bits per heavy atom. The quantitative estimate of drug-likeness (QED) is 0.704. The van der Waals surface area contributed by atoms with Crippen molar-refractivity contribution in [1.82, 2.24) is 15.2 Å². The highest BCUT2D eigenvalue weighted by Gasteiger charge is 2.04. The van der Waals surface area contributed by atoms with Crippen LogP contribution >= 0.6 is 0 Å². The van der Waals surface area contributed by atoms with Gasteiger partial charge in [-0.15, -0.1) is 0 Å². The summed E-state index contributed by atoms with van der Waals surface area (Å²) in [6, 6.07) is 2.11. The van der Waals surface area contributed by atoms with Crippen LogP contribution in [0.25, 0.3) is 0 Å². The van der Waals surface area contributed by atoms with Crippen molar-refractivity contribution in [1.29, 1.82) is 0 Å². The number of hydrogen-bond donors (Lipinski definition) is 2. The fourth-order valence-corrected chi connectivity index (χ4v) is 1.50. The number of amides is 1. The zero-order chi connectivity index (χ0) is 12.7. The summed E-state index contributed by atoms with van der Waals surface area (Å²) >= 11 is 0. The predicted octanol–water partition coefficient (Wildman–Crippen LogP) is 1.37. The molecule has 1 aromatic heterocycles. The van der Waals surface area contributed by atoms with E-state index in [0.29, 0.717) is 6.54 Å². The molecule has 0 radical (unpaired) electrons. The van der Waals surface area contributed by atoms with Crippen molar-refractivity contribution < 1.29 is 4.79 Å². The van der Waals surface area contributed by atoms with Crippen LogP contribution in [0.2, 0.25) is 0 Å². The molecule has 4 nitrogen and oxygen atoms in total. The minimum atomic E-state index is 0.0635. The number of carbonyl (C=O) groups is 1.